The summed E-state index contributed by atoms with van der Waals surface area (Å²) in [4.78, 5) is 14.9. The summed E-state index contributed by atoms with van der Waals surface area (Å²) in [7, 11) is 4.54. The fourth-order valence-corrected chi connectivity index (χ4v) is 3.85. The SMILES string of the molecule is COc1ccc(C(=O)N2C3CCC2CC(F)C3)c(OC)c1OC. The van der Waals surface area contributed by atoms with E-state index in [4.69, 9.17) is 14.2 Å². The van der Waals surface area contributed by atoms with Crippen LogP contribution >= 0.6 is 0 Å². The number of amides is 1. The molecule has 2 bridgehead atoms. The first-order valence-electron chi connectivity index (χ1n) is 7.86. The van der Waals surface area contributed by atoms with Gasteiger partial charge in [-0.15, -0.1) is 0 Å². The number of benzene rings is 1. The molecule has 2 unspecified atom stereocenters. The van der Waals surface area contributed by atoms with Crippen LogP contribution in [0.4, 0.5) is 4.39 Å². The minimum atomic E-state index is -0.802. The van der Waals surface area contributed by atoms with E-state index < -0.39 is 6.17 Å². The van der Waals surface area contributed by atoms with Gasteiger partial charge in [0.2, 0.25) is 5.75 Å². The number of hydrogen-bond donors (Lipinski definition) is 0. The summed E-state index contributed by atoms with van der Waals surface area (Å²) in [6, 6.07) is 3.34. The number of alkyl halides is 1. The van der Waals surface area contributed by atoms with Crippen LogP contribution in [0.3, 0.4) is 0 Å². The van der Waals surface area contributed by atoms with Crippen molar-refractivity contribution in [3.63, 3.8) is 0 Å². The van der Waals surface area contributed by atoms with Gasteiger partial charge in [0.15, 0.2) is 11.5 Å². The van der Waals surface area contributed by atoms with E-state index >= 15 is 0 Å². The van der Waals surface area contributed by atoms with E-state index in [0.717, 1.165) is 12.8 Å². The molecule has 0 spiro atoms. The quantitative estimate of drug-likeness (QED) is 0.855. The van der Waals surface area contributed by atoms with Gasteiger partial charge in [0, 0.05) is 12.1 Å². The highest BCUT2D eigenvalue weighted by Gasteiger charge is 2.44. The molecule has 1 aromatic rings. The Kier molecular flexibility index (Phi) is 4.33. The second-order valence-corrected chi connectivity index (χ2v) is 6.05. The Morgan fingerprint density at radius 1 is 1.04 bits per heavy atom. The highest BCUT2D eigenvalue weighted by molar-refractivity contribution is 5.99. The van der Waals surface area contributed by atoms with E-state index in [-0.39, 0.29) is 18.0 Å². The molecular weight excluding hydrogens is 301 g/mol. The van der Waals surface area contributed by atoms with Gasteiger partial charge in [-0.2, -0.15) is 0 Å². The fraction of sp³-hybridized carbons (Fsp3) is 0.588. The van der Waals surface area contributed by atoms with Crippen molar-refractivity contribution in [3.05, 3.63) is 17.7 Å². The number of carbonyl (C=O) groups is 1. The first kappa shape index (κ1) is 15.9. The molecule has 2 saturated heterocycles. The molecule has 23 heavy (non-hydrogen) atoms. The summed E-state index contributed by atoms with van der Waals surface area (Å²) in [6.07, 6.45) is 1.79. The molecule has 0 saturated carbocycles. The Morgan fingerprint density at radius 2 is 1.65 bits per heavy atom. The van der Waals surface area contributed by atoms with Crippen LogP contribution in [0, 0.1) is 0 Å². The number of hydrogen-bond acceptors (Lipinski definition) is 4. The Hall–Kier alpha value is -1.98. The van der Waals surface area contributed by atoms with Crippen LogP contribution in [0.5, 0.6) is 17.2 Å². The highest BCUT2D eigenvalue weighted by Crippen LogP contribution is 2.43. The summed E-state index contributed by atoms with van der Waals surface area (Å²) in [5, 5.41) is 0. The molecule has 0 radical (unpaired) electrons. The van der Waals surface area contributed by atoms with Crippen molar-refractivity contribution >= 4 is 5.91 Å². The van der Waals surface area contributed by atoms with Gasteiger partial charge in [-0.1, -0.05) is 0 Å². The number of rotatable bonds is 4. The summed E-state index contributed by atoms with van der Waals surface area (Å²) in [5.74, 6) is 1.14. The Bertz CT molecular complexity index is 593. The maximum atomic E-state index is 13.7. The van der Waals surface area contributed by atoms with Crippen LogP contribution in [0.1, 0.15) is 36.0 Å². The number of fused-ring (bicyclic) bond motifs is 2. The fourth-order valence-electron chi connectivity index (χ4n) is 3.85. The van der Waals surface area contributed by atoms with Crippen molar-refractivity contribution < 1.29 is 23.4 Å². The molecule has 2 aliphatic rings. The lowest BCUT2D eigenvalue weighted by Gasteiger charge is -2.36. The van der Waals surface area contributed by atoms with Gasteiger partial charge in [0.1, 0.15) is 6.17 Å². The predicted molar refractivity (Wildman–Crippen MR) is 83.2 cm³/mol. The number of ether oxygens (including phenoxy) is 3. The third kappa shape index (κ3) is 2.60. The van der Waals surface area contributed by atoms with Gasteiger partial charge >= 0.3 is 0 Å². The molecule has 0 aliphatic carbocycles. The normalized spacial score (nSPS) is 26.1. The van der Waals surface area contributed by atoms with Crippen molar-refractivity contribution in [1.82, 2.24) is 4.90 Å². The standard InChI is InChI=1S/C17H22FNO4/c1-21-14-7-6-13(15(22-2)16(14)23-3)17(20)19-11-4-5-12(19)9-10(18)8-11/h6-7,10-12H,4-5,8-9H2,1-3H3. The van der Waals surface area contributed by atoms with E-state index in [0.29, 0.717) is 35.7 Å². The molecule has 1 aromatic carbocycles. The topological polar surface area (TPSA) is 48.0 Å². The summed E-state index contributed by atoms with van der Waals surface area (Å²) < 4.78 is 29.7. The van der Waals surface area contributed by atoms with Crippen LogP contribution in [0.2, 0.25) is 0 Å². The van der Waals surface area contributed by atoms with Crippen molar-refractivity contribution in [2.75, 3.05) is 21.3 Å². The zero-order valence-electron chi connectivity index (χ0n) is 13.7. The summed E-state index contributed by atoms with van der Waals surface area (Å²) in [6.45, 7) is 0. The molecule has 2 atom stereocenters. The zero-order valence-corrected chi connectivity index (χ0v) is 13.7. The zero-order chi connectivity index (χ0) is 16.6. The van der Waals surface area contributed by atoms with Crippen molar-refractivity contribution in [2.24, 2.45) is 0 Å². The molecule has 1 amide bonds. The van der Waals surface area contributed by atoms with Crippen LogP contribution in [-0.4, -0.2) is 50.4 Å². The molecule has 2 heterocycles. The minimum Gasteiger partial charge on any atom is -0.493 e. The molecule has 2 aliphatic heterocycles. The van der Waals surface area contributed by atoms with Crippen molar-refractivity contribution in [3.8, 4) is 17.2 Å². The smallest absolute Gasteiger partial charge is 0.258 e. The number of piperidine rings is 1. The molecule has 3 rings (SSSR count). The first-order chi connectivity index (χ1) is 11.1. The summed E-state index contributed by atoms with van der Waals surface area (Å²) >= 11 is 0. The molecular formula is C17H22FNO4. The molecule has 2 fully saturated rings. The van der Waals surface area contributed by atoms with E-state index in [1.807, 2.05) is 4.90 Å². The van der Waals surface area contributed by atoms with E-state index in [1.54, 1.807) is 12.1 Å². The van der Waals surface area contributed by atoms with Gasteiger partial charge in [-0.05, 0) is 37.8 Å². The van der Waals surface area contributed by atoms with Crippen LogP contribution in [0.25, 0.3) is 0 Å². The predicted octanol–water partition coefficient (Wildman–Crippen LogP) is 2.82. The minimum absolute atomic E-state index is 0.0194. The van der Waals surface area contributed by atoms with Gasteiger partial charge in [-0.3, -0.25) is 4.79 Å². The molecule has 0 aromatic heterocycles. The average molecular weight is 323 g/mol. The third-order valence-corrected chi connectivity index (χ3v) is 4.84. The summed E-state index contributed by atoms with van der Waals surface area (Å²) in [5.41, 5.74) is 0.430. The lowest BCUT2D eigenvalue weighted by molar-refractivity contribution is 0.0475. The average Bonchev–Trinajstić information content (AvgIpc) is 2.84. The third-order valence-electron chi connectivity index (χ3n) is 4.84. The van der Waals surface area contributed by atoms with E-state index in [1.165, 1.54) is 21.3 Å². The highest BCUT2D eigenvalue weighted by atomic mass is 19.1. The van der Waals surface area contributed by atoms with Gasteiger partial charge in [0.25, 0.3) is 5.91 Å². The number of methoxy groups -OCH3 is 3. The molecule has 0 N–H and O–H groups in total. The van der Waals surface area contributed by atoms with Crippen molar-refractivity contribution in [1.29, 1.82) is 0 Å². The maximum Gasteiger partial charge on any atom is 0.258 e. The lowest BCUT2D eigenvalue weighted by atomic mass is 9.99. The molecule has 126 valence electrons. The lowest BCUT2D eigenvalue weighted by Crippen LogP contribution is -2.47. The van der Waals surface area contributed by atoms with Gasteiger partial charge in [0.05, 0.1) is 26.9 Å². The van der Waals surface area contributed by atoms with Gasteiger partial charge < -0.3 is 19.1 Å². The van der Waals surface area contributed by atoms with Crippen LogP contribution in [-0.2, 0) is 0 Å². The first-order valence-corrected chi connectivity index (χ1v) is 7.86. The Morgan fingerprint density at radius 3 is 2.17 bits per heavy atom. The second kappa shape index (κ2) is 6.26. The van der Waals surface area contributed by atoms with E-state index in [2.05, 4.69) is 0 Å². The Labute approximate surface area is 135 Å². The number of halogens is 1. The molecule has 5 nitrogen and oxygen atoms in total. The largest absolute Gasteiger partial charge is 0.493 e. The number of nitrogens with zero attached hydrogens (tertiary/aromatic N) is 1. The van der Waals surface area contributed by atoms with E-state index in [9.17, 15) is 9.18 Å². The van der Waals surface area contributed by atoms with Gasteiger partial charge in [-0.25, -0.2) is 4.39 Å². The molecule has 6 heteroatoms. The maximum absolute atomic E-state index is 13.7. The van der Waals surface area contributed by atoms with Crippen molar-refractivity contribution in [2.45, 2.75) is 43.9 Å². The Balaban J connectivity index is 1.97. The number of carbonyl (C=O) groups excluding carboxylic acids is 1. The monoisotopic (exact) mass is 323 g/mol. The van der Waals surface area contributed by atoms with Crippen LogP contribution < -0.4 is 14.2 Å². The van der Waals surface area contributed by atoms with Crippen LogP contribution in [0.15, 0.2) is 12.1 Å². The second-order valence-electron chi connectivity index (χ2n) is 6.05.